The van der Waals surface area contributed by atoms with Crippen molar-refractivity contribution in [1.29, 1.82) is 0 Å². The molecule has 2 aromatic rings. The SMILES string of the molecule is O=C(c1ccccc1O)N1N=C(c2cccnc2)CC1(O)C(F)(F)F. The molecule has 1 unspecified atom stereocenters. The van der Waals surface area contributed by atoms with Crippen molar-refractivity contribution in [3.8, 4) is 5.75 Å². The van der Waals surface area contributed by atoms with Gasteiger partial charge in [-0.15, -0.1) is 0 Å². The van der Waals surface area contributed by atoms with Gasteiger partial charge in [0, 0.05) is 18.0 Å². The number of para-hydroxylation sites is 1. The molecular weight excluding hydrogens is 339 g/mol. The summed E-state index contributed by atoms with van der Waals surface area (Å²) in [6, 6.07) is 8.06. The van der Waals surface area contributed by atoms with E-state index in [0.29, 0.717) is 0 Å². The molecular formula is C16H12F3N3O3. The van der Waals surface area contributed by atoms with Crippen molar-refractivity contribution in [3.05, 3.63) is 59.9 Å². The molecule has 0 bridgehead atoms. The number of phenolic OH excluding ortho intramolecular Hbond substituents is 1. The highest BCUT2D eigenvalue weighted by Crippen LogP contribution is 2.42. The third-order valence-corrected chi connectivity index (χ3v) is 3.76. The molecule has 1 aliphatic rings. The highest BCUT2D eigenvalue weighted by molar-refractivity contribution is 6.05. The van der Waals surface area contributed by atoms with E-state index in [4.69, 9.17) is 0 Å². The summed E-state index contributed by atoms with van der Waals surface area (Å²) < 4.78 is 40.4. The van der Waals surface area contributed by atoms with Crippen LogP contribution in [-0.2, 0) is 0 Å². The molecule has 2 N–H and O–H groups in total. The molecule has 1 aliphatic heterocycles. The van der Waals surface area contributed by atoms with Crippen molar-refractivity contribution in [2.45, 2.75) is 18.3 Å². The number of pyridine rings is 1. The average molecular weight is 351 g/mol. The molecule has 9 heteroatoms. The first kappa shape index (κ1) is 16.9. The minimum absolute atomic E-state index is 0.0373. The van der Waals surface area contributed by atoms with Crippen LogP contribution in [0.3, 0.4) is 0 Å². The number of halogens is 3. The molecule has 2 heterocycles. The first-order valence-electron chi connectivity index (χ1n) is 7.13. The number of aromatic hydroxyl groups is 1. The van der Waals surface area contributed by atoms with E-state index in [1.165, 1.54) is 36.7 Å². The van der Waals surface area contributed by atoms with Crippen LogP contribution in [0.1, 0.15) is 22.3 Å². The molecule has 6 nitrogen and oxygen atoms in total. The summed E-state index contributed by atoms with van der Waals surface area (Å²) in [5, 5.41) is 23.6. The van der Waals surface area contributed by atoms with Gasteiger partial charge in [-0.3, -0.25) is 9.78 Å². The molecule has 1 amide bonds. The number of amides is 1. The van der Waals surface area contributed by atoms with Crippen molar-refractivity contribution >= 4 is 11.6 Å². The third kappa shape index (κ3) is 2.82. The van der Waals surface area contributed by atoms with Crippen LogP contribution in [0.15, 0.2) is 53.9 Å². The molecule has 3 rings (SSSR count). The summed E-state index contributed by atoms with van der Waals surface area (Å²) in [6.07, 6.45) is -3.38. The Balaban J connectivity index is 2.08. The second kappa shape index (κ2) is 5.85. The molecule has 1 aromatic heterocycles. The Morgan fingerprint density at radius 3 is 2.52 bits per heavy atom. The Morgan fingerprint density at radius 1 is 1.20 bits per heavy atom. The first-order valence-corrected chi connectivity index (χ1v) is 7.13. The van der Waals surface area contributed by atoms with E-state index < -0.39 is 35.5 Å². The Hall–Kier alpha value is -2.94. The zero-order chi connectivity index (χ0) is 18.2. The zero-order valence-electron chi connectivity index (χ0n) is 12.6. The maximum absolute atomic E-state index is 13.5. The number of carbonyl (C=O) groups excluding carboxylic acids is 1. The second-order valence-corrected chi connectivity index (χ2v) is 5.41. The summed E-state index contributed by atoms with van der Waals surface area (Å²) in [7, 11) is 0. The van der Waals surface area contributed by atoms with Gasteiger partial charge in [-0.25, -0.2) is 0 Å². The molecule has 0 radical (unpaired) electrons. The Bertz CT molecular complexity index is 839. The fourth-order valence-corrected chi connectivity index (χ4v) is 2.44. The maximum atomic E-state index is 13.5. The van der Waals surface area contributed by atoms with E-state index >= 15 is 0 Å². The number of hydrazone groups is 1. The highest BCUT2D eigenvalue weighted by Gasteiger charge is 2.63. The van der Waals surface area contributed by atoms with Gasteiger partial charge in [-0.05, 0) is 18.2 Å². The van der Waals surface area contributed by atoms with Crippen LogP contribution in [0.4, 0.5) is 13.2 Å². The number of benzene rings is 1. The van der Waals surface area contributed by atoms with Crippen molar-refractivity contribution in [2.75, 3.05) is 0 Å². The molecule has 1 atom stereocenters. The van der Waals surface area contributed by atoms with Crippen LogP contribution in [0.5, 0.6) is 5.75 Å². The number of hydrogen-bond donors (Lipinski definition) is 2. The number of hydrogen-bond acceptors (Lipinski definition) is 5. The second-order valence-electron chi connectivity index (χ2n) is 5.41. The van der Waals surface area contributed by atoms with Gasteiger partial charge in [0.05, 0.1) is 17.7 Å². The van der Waals surface area contributed by atoms with Gasteiger partial charge in [0.1, 0.15) is 5.75 Å². The van der Waals surface area contributed by atoms with Gasteiger partial charge >= 0.3 is 6.18 Å². The van der Waals surface area contributed by atoms with E-state index in [2.05, 4.69) is 10.1 Å². The van der Waals surface area contributed by atoms with E-state index in [1.807, 2.05) is 0 Å². The number of phenols is 1. The number of alkyl halides is 3. The third-order valence-electron chi connectivity index (χ3n) is 3.76. The van der Waals surface area contributed by atoms with Crippen molar-refractivity contribution < 1.29 is 28.2 Å². The standard InChI is InChI=1S/C16H12F3N3O3/c17-16(18,19)15(25)8-12(10-4-3-7-20-9-10)21-22(15)14(24)11-5-1-2-6-13(11)23/h1-7,9,23,25H,8H2. The van der Waals surface area contributed by atoms with Gasteiger partial charge in [-0.2, -0.15) is 23.3 Å². The lowest BCUT2D eigenvalue weighted by Crippen LogP contribution is -2.56. The van der Waals surface area contributed by atoms with Gasteiger partial charge in [-0.1, -0.05) is 18.2 Å². The molecule has 0 aliphatic carbocycles. The largest absolute Gasteiger partial charge is 0.507 e. The lowest BCUT2D eigenvalue weighted by Gasteiger charge is -2.32. The van der Waals surface area contributed by atoms with Crippen LogP contribution in [0.25, 0.3) is 0 Å². The van der Waals surface area contributed by atoms with Gasteiger partial charge in [0.25, 0.3) is 11.6 Å². The lowest BCUT2D eigenvalue weighted by molar-refractivity contribution is -0.297. The summed E-state index contributed by atoms with van der Waals surface area (Å²) in [5.74, 6) is -1.78. The quantitative estimate of drug-likeness (QED) is 0.869. The first-order chi connectivity index (χ1) is 11.7. The average Bonchev–Trinajstić information content (AvgIpc) is 2.94. The fourth-order valence-electron chi connectivity index (χ4n) is 2.44. The predicted octanol–water partition coefficient (Wildman–Crippen LogP) is 2.29. The zero-order valence-corrected chi connectivity index (χ0v) is 12.6. The number of aliphatic hydroxyl groups is 1. The molecule has 0 fully saturated rings. The minimum Gasteiger partial charge on any atom is -0.507 e. The Kier molecular flexibility index (Phi) is 3.96. The number of nitrogens with zero attached hydrogens (tertiary/aromatic N) is 3. The van der Waals surface area contributed by atoms with Gasteiger partial charge < -0.3 is 10.2 Å². The molecule has 1 aromatic carbocycles. The van der Waals surface area contributed by atoms with Crippen LogP contribution in [0, 0.1) is 0 Å². The van der Waals surface area contributed by atoms with Crippen molar-refractivity contribution in [1.82, 2.24) is 9.99 Å². The number of aromatic nitrogens is 1. The maximum Gasteiger partial charge on any atom is 0.438 e. The molecule has 0 spiro atoms. The highest BCUT2D eigenvalue weighted by atomic mass is 19.4. The minimum atomic E-state index is -5.15. The van der Waals surface area contributed by atoms with E-state index in [1.54, 1.807) is 0 Å². The van der Waals surface area contributed by atoms with Crippen LogP contribution in [0.2, 0.25) is 0 Å². The van der Waals surface area contributed by atoms with E-state index in [-0.39, 0.29) is 16.3 Å². The van der Waals surface area contributed by atoms with Crippen LogP contribution >= 0.6 is 0 Å². The fraction of sp³-hybridized carbons (Fsp3) is 0.188. The van der Waals surface area contributed by atoms with Crippen molar-refractivity contribution in [2.24, 2.45) is 5.10 Å². The summed E-state index contributed by atoms with van der Waals surface area (Å²) in [6.45, 7) is 0. The van der Waals surface area contributed by atoms with Crippen molar-refractivity contribution in [3.63, 3.8) is 0 Å². The predicted molar refractivity (Wildman–Crippen MR) is 80.7 cm³/mol. The van der Waals surface area contributed by atoms with Gasteiger partial charge in [0.2, 0.25) is 0 Å². The van der Waals surface area contributed by atoms with Crippen LogP contribution < -0.4 is 0 Å². The summed E-state index contributed by atoms with van der Waals surface area (Å²) >= 11 is 0. The molecule has 25 heavy (non-hydrogen) atoms. The van der Waals surface area contributed by atoms with Crippen LogP contribution in [-0.4, -0.2) is 43.7 Å². The Morgan fingerprint density at radius 2 is 1.92 bits per heavy atom. The molecule has 0 saturated heterocycles. The number of rotatable bonds is 2. The topological polar surface area (TPSA) is 86.0 Å². The summed E-state index contributed by atoms with van der Waals surface area (Å²) in [4.78, 5) is 16.3. The van der Waals surface area contributed by atoms with Gasteiger partial charge in [0.15, 0.2) is 0 Å². The molecule has 130 valence electrons. The number of carbonyl (C=O) groups is 1. The Labute approximate surface area is 139 Å². The molecule has 0 saturated carbocycles. The monoisotopic (exact) mass is 351 g/mol. The normalized spacial score (nSPS) is 20.5. The van der Waals surface area contributed by atoms with E-state index in [9.17, 15) is 28.2 Å². The smallest absolute Gasteiger partial charge is 0.438 e. The van der Waals surface area contributed by atoms with E-state index in [0.717, 1.165) is 12.1 Å². The lowest BCUT2D eigenvalue weighted by atomic mass is 10.0. The summed E-state index contributed by atoms with van der Waals surface area (Å²) in [5.41, 5.74) is -3.81.